The van der Waals surface area contributed by atoms with Crippen LogP contribution in [0.4, 0.5) is 21.6 Å². The summed E-state index contributed by atoms with van der Waals surface area (Å²) in [6, 6.07) is 19.8. The van der Waals surface area contributed by atoms with Crippen LogP contribution in [0.2, 0.25) is 0 Å². The number of halogens is 1. The number of ether oxygens (including phenoxy) is 2. The Balaban J connectivity index is 1.51. The summed E-state index contributed by atoms with van der Waals surface area (Å²) in [6.45, 7) is 0. The van der Waals surface area contributed by atoms with Gasteiger partial charge in [0.25, 0.3) is 5.91 Å². The molecule has 3 aromatic carbocycles. The van der Waals surface area contributed by atoms with E-state index >= 15 is 0 Å². The normalized spacial score (nSPS) is 10.4. The first-order valence-electron chi connectivity index (χ1n) is 10.0. The fourth-order valence-corrected chi connectivity index (χ4v) is 3.14. The first kappa shape index (κ1) is 21.8. The maximum Gasteiger partial charge on any atom is 0.255 e. The van der Waals surface area contributed by atoms with Crippen molar-refractivity contribution in [3.63, 3.8) is 0 Å². The SMILES string of the molecule is COc1cc(NC(=O)c2cccc(Nc3ccnc(-c4ccc(F)cc4)n3)c2)cc(OC)c1. The first-order chi connectivity index (χ1) is 16.0. The van der Waals surface area contributed by atoms with E-state index < -0.39 is 0 Å². The van der Waals surface area contributed by atoms with Crippen molar-refractivity contribution in [1.29, 1.82) is 0 Å². The molecule has 1 aromatic heterocycles. The Labute approximate surface area is 190 Å². The van der Waals surface area contributed by atoms with Gasteiger partial charge in [-0.3, -0.25) is 4.79 Å². The third kappa shape index (κ3) is 5.43. The molecule has 0 fully saturated rings. The molecule has 0 atom stereocenters. The van der Waals surface area contributed by atoms with E-state index in [0.717, 1.165) is 0 Å². The smallest absolute Gasteiger partial charge is 0.255 e. The maximum absolute atomic E-state index is 13.2. The lowest BCUT2D eigenvalue weighted by atomic mass is 10.1. The Bertz CT molecular complexity index is 1260. The second-order valence-electron chi connectivity index (χ2n) is 7.03. The number of methoxy groups -OCH3 is 2. The van der Waals surface area contributed by atoms with Gasteiger partial charge in [-0.25, -0.2) is 14.4 Å². The van der Waals surface area contributed by atoms with Gasteiger partial charge in [-0.05, 0) is 48.5 Å². The highest BCUT2D eigenvalue weighted by Gasteiger charge is 2.10. The van der Waals surface area contributed by atoms with E-state index in [0.29, 0.717) is 45.6 Å². The molecule has 0 aliphatic heterocycles. The van der Waals surface area contributed by atoms with Gasteiger partial charge in [0.05, 0.1) is 14.2 Å². The number of carbonyl (C=O) groups excluding carboxylic acids is 1. The van der Waals surface area contributed by atoms with E-state index in [1.165, 1.54) is 12.1 Å². The van der Waals surface area contributed by atoms with Crippen LogP contribution in [0.25, 0.3) is 11.4 Å². The molecule has 0 saturated carbocycles. The quantitative estimate of drug-likeness (QED) is 0.403. The van der Waals surface area contributed by atoms with E-state index in [-0.39, 0.29) is 11.7 Å². The molecule has 0 aliphatic carbocycles. The predicted octanol–water partition coefficient (Wildman–Crippen LogP) is 5.30. The highest BCUT2D eigenvalue weighted by atomic mass is 19.1. The summed E-state index contributed by atoms with van der Waals surface area (Å²) in [4.78, 5) is 21.5. The van der Waals surface area contributed by atoms with Crippen LogP contribution in [-0.4, -0.2) is 30.1 Å². The molecule has 8 heteroatoms. The molecule has 4 aromatic rings. The van der Waals surface area contributed by atoms with E-state index in [2.05, 4.69) is 20.6 Å². The van der Waals surface area contributed by atoms with Gasteiger partial charge < -0.3 is 20.1 Å². The molecule has 0 bridgehead atoms. The van der Waals surface area contributed by atoms with Crippen molar-refractivity contribution < 1.29 is 18.7 Å². The van der Waals surface area contributed by atoms with E-state index in [9.17, 15) is 9.18 Å². The van der Waals surface area contributed by atoms with E-state index in [1.807, 2.05) is 6.07 Å². The fraction of sp³-hybridized carbons (Fsp3) is 0.0800. The molecule has 0 unspecified atom stereocenters. The first-order valence-corrected chi connectivity index (χ1v) is 10.0. The van der Waals surface area contributed by atoms with Gasteiger partial charge >= 0.3 is 0 Å². The molecular formula is C25H21FN4O3. The van der Waals surface area contributed by atoms with Crippen molar-refractivity contribution >= 4 is 23.1 Å². The highest BCUT2D eigenvalue weighted by Crippen LogP contribution is 2.26. The topological polar surface area (TPSA) is 85.4 Å². The number of nitrogens with zero attached hydrogens (tertiary/aromatic N) is 2. The summed E-state index contributed by atoms with van der Waals surface area (Å²) in [5, 5.41) is 6.03. The summed E-state index contributed by atoms with van der Waals surface area (Å²) < 4.78 is 23.7. The number of anilines is 3. The summed E-state index contributed by atoms with van der Waals surface area (Å²) >= 11 is 0. The van der Waals surface area contributed by atoms with Gasteiger partial charge in [0.1, 0.15) is 23.1 Å². The molecule has 33 heavy (non-hydrogen) atoms. The Hall–Kier alpha value is -4.46. The van der Waals surface area contributed by atoms with E-state index in [4.69, 9.17) is 9.47 Å². The van der Waals surface area contributed by atoms with E-state index in [1.54, 1.807) is 75.0 Å². The highest BCUT2D eigenvalue weighted by molar-refractivity contribution is 6.05. The molecule has 4 rings (SSSR count). The van der Waals surface area contributed by atoms with Crippen molar-refractivity contribution in [2.75, 3.05) is 24.9 Å². The number of aromatic nitrogens is 2. The van der Waals surface area contributed by atoms with Gasteiger partial charge in [0.15, 0.2) is 5.82 Å². The summed E-state index contributed by atoms with van der Waals surface area (Å²) in [6.07, 6.45) is 1.61. The zero-order valence-corrected chi connectivity index (χ0v) is 18.0. The number of nitrogens with one attached hydrogen (secondary N) is 2. The molecule has 166 valence electrons. The molecule has 0 radical (unpaired) electrons. The van der Waals surface area contributed by atoms with Gasteiger partial charge in [-0.1, -0.05) is 6.07 Å². The molecule has 0 aliphatic rings. The standard InChI is InChI=1S/C25H21FN4O3/c1-32-21-13-20(14-22(15-21)33-2)29-25(31)17-4-3-5-19(12-17)28-23-10-11-27-24(30-23)16-6-8-18(26)9-7-16/h3-15H,1-2H3,(H,29,31)(H,27,28,30). The van der Waals surface area contributed by atoms with Crippen molar-refractivity contribution in [3.8, 4) is 22.9 Å². The lowest BCUT2D eigenvalue weighted by Gasteiger charge is -2.11. The average molecular weight is 444 g/mol. The molecule has 0 saturated heterocycles. The average Bonchev–Trinajstić information content (AvgIpc) is 2.84. The minimum absolute atomic E-state index is 0.288. The molecule has 0 spiro atoms. The van der Waals surface area contributed by atoms with Crippen LogP contribution in [0.3, 0.4) is 0 Å². The van der Waals surface area contributed by atoms with Crippen molar-refractivity contribution in [3.05, 3.63) is 90.4 Å². The van der Waals surface area contributed by atoms with Gasteiger partial charge in [-0.2, -0.15) is 0 Å². The summed E-state index contributed by atoms with van der Waals surface area (Å²) in [5.41, 5.74) is 2.38. The van der Waals surface area contributed by atoms with Crippen molar-refractivity contribution in [1.82, 2.24) is 9.97 Å². The second kappa shape index (κ2) is 9.78. The Kier molecular flexibility index (Phi) is 6.45. The maximum atomic E-state index is 13.2. The van der Waals surface area contributed by atoms with Crippen molar-refractivity contribution in [2.45, 2.75) is 0 Å². The minimum Gasteiger partial charge on any atom is -0.497 e. The molecular weight excluding hydrogens is 423 g/mol. The number of rotatable bonds is 7. The number of benzene rings is 3. The van der Waals surface area contributed by atoms with Crippen LogP contribution >= 0.6 is 0 Å². The molecule has 1 heterocycles. The summed E-state index contributed by atoms with van der Waals surface area (Å²) in [5.74, 6) is 1.53. The third-order valence-corrected chi connectivity index (χ3v) is 4.76. The predicted molar refractivity (Wildman–Crippen MR) is 125 cm³/mol. The molecule has 1 amide bonds. The van der Waals surface area contributed by atoms with Crippen LogP contribution in [-0.2, 0) is 0 Å². The summed E-state index contributed by atoms with van der Waals surface area (Å²) in [7, 11) is 3.09. The number of amides is 1. The number of carbonyl (C=O) groups is 1. The van der Waals surface area contributed by atoms with Gasteiger partial charge in [0, 0.05) is 46.9 Å². The van der Waals surface area contributed by atoms with Crippen LogP contribution in [0.1, 0.15) is 10.4 Å². The Morgan fingerprint density at radius 2 is 1.61 bits per heavy atom. The largest absolute Gasteiger partial charge is 0.497 e. The minimum atomic E-state index is -0.324. The number of hydrogen-bond acceptors (Lipinski definition) is 6. The second-order valence-corrected chi connectivity index (χ2v) is 7.03. The molecule has 2 N–H and O–H groups in total. The monoisotopic (exact) mass is 444 g/mol. The van der Waals surface area contributed by atoms with Gasteiger partial charge in [0.2, 0.25) is 0 Å². The Morgan fingerprint density at radius 3 is 2.30 bits per heavy atom. The Morgan fingerprint density at radius 1 is 0.879 bits per heavy atom. The third-order valence-electron chi connectivity index (χ3n) is 4.76. The zero-order chi connectivity index (χ0) is 23.2. The van der Waals surface area contributed by atoms with Crippen LogP contribution in [0.5, 0.6) is 11.5 Å². The number of hydrogen-bond donors (Lipinski definition) is 2. The van der Waals surface area contributed by atoms with Crippen LogP contribution in [0, 0.1) is 5.82 Å². The lowest BCUT2D eigenvalue weighted by molar-refractivity contribution is 0.102. The molecule has 7 nitrogen and oxygen atoms in total. The zero-order valence-electron chi connectivity index (χ0n) is 18.0. The lowest BCUT2D eigenvalue weighted by Crippen LogP contribution is -2.12. The van der Waals surface area contributed by atoms with Crippen LogP contribution in [0.15, 0.2) is 79.0 Å². The van der Waals surface area contributed by atoms with Crippen molar-refractivity contribution in [2.24, 2.45) is 0 Å². The fourth-order valence-electron chi connectivity index (χ4n) is 3.14. The van der Waals surface area contributed by atoms with Crippen LogP contribution < -0.4 is 20.1 Å². The van der Waals surface area contributed by atoms with Gasteiger partial charge in [-0.15, -0.1) is 0 Å².